The average molecular weight is 318 g/mol. The van der Waals surface area contributed by atoms with Crippen molar-refractivity contribution in [2.24, 2.45) is 0 Å². The molecule has 3 rings (SSSR count). The van der Waals surface area contributed by atoms with Gasteiger partial charge in [-0.1, -0.05) is 6.07 Å². The van der Waals surface area contributed by atoms with Crippen LogP contribution in [0.1, 0.15) is 5.56 Å². The third-order valence-corrected chi connectivity index (χ3v) is 4.20. The van der Waals surface area contributed by atoms with Crippen LogP contribution in [0.2, 0.25) is 0 Å². The molecule has 0 saturated carbocycles. The van der Waals surface area contributed by atoms with E-state index in [0.29, 0.717) is 24.5 Å². The van der Waals surface area contributed by atoms with Crippen molar-refractivity contribution in [2.75, 3.05) is 41.9 Å². The minimum Gasteiger partial charge on any atom is -0.467 e. The van der Waals surface area contributed by atoms with Gasteiger partial charge >= 0.3 is 6.01 Å². The van der Waals surface area contributed by atoms with E-state index in [1.165, 1.54) is 0 Å². The molecule has 2 aromatic rings. The van der Waals surface area contributed by atoms with Crippen LogP contribution >= 0.6 is 11.8 Å². The molecule has 0 amide bonds. The number of rotatable bonds is 5. The van der Waals surface area contributed by atoms with Crippen molar-refractivity contribution >= 4 is 23.7 Å². The van der Waals surface area contributed by atoms with Crippen LogP contribution < -0.4 is 15.0 Å². The van der Waals surface area contributed by atoms with Crippen LogP contribution in [0.15, 0.2) is 24.5 Å². The Morgan fingerprint density at radius 3 is 2.86 bits per heavy atom. The molecular formula is C14H18N6OS. The highest BCUT2D eigenvalue weighted by Crippen LogP contribution is 2.19. The number of anilines is 2. The van der Waals surface area contributed by atoms with Gasteiger partial charge in [0.25, 0.3) is 0 Å². The van der Waals surface area contributed by atoms with Crippen LogP contribution in [0, 0.1) is 0 Å². The predicted molar refractivity (Wildman–Crippen MR) is 87.5 cm³/mol. The summed E-state index contributed by atoms with van der Waals surface area (Å²) in [5.74, 6) is 3.36. The first-order chi connectivity index (χ1) is 10.8. The van der Waals surface area contributed by atoms with Crippen molar-refractivity contribution in [3.63, 3.8) is 0 Å². The van der Waals surface area contributed by atoms with E-state index in [0.717, 1.165) is 30.2 Å². The molecule has 1 aliphatic heterocycles. The lowest BCUT2D eigenvalue weighted by molar-refractivity contribution is 0.378. The molecule has 3 heterocycles. The Morgan fingerprint density at radius 2 is 2.14 bits per heavy atom. The van der Waals surface area contributed by atoms with Crippen LogP contribution in [-0.2, 0) is 6.54 Å². The second-order valence-corrected chi connectivity index (χ2v) is 5.98. The molecule has 0 unspecified atom stereocenters. The molecule has 0 atom stereocenters. The van der Waals surface area contributed by atoms with Crippen molar-refractivity contribution in [3.05, 3.63) is 30.1 Å². The van der Waals surface area contributed by atoms with E-state index < -0.39 is 0 Å². The van der Waals surface area contributed by atoms with Gasteiger partial charge in [0.2, 0.25) is 11.9 Å². The van der Waals surface area contributed by atoms with Crippen LogP contribution in [0.25, 0.3) is 0 Å². The molecule has 1 N–H and O–H groups in total. The molecule has 0 aliphatic carbocycles. The van der Waals surface area contributed by atoms with Crippen LogP contribution in [-0.4, -0.2) is 51.6 Å². The molecule has 0 spiro atoms. The van der Waals surface area contributed by atoms with Crippen LogP contribution in [0.3, 0.4) is 0 Å². The first-order valence-electron chi connectivity index (χ1n) is 7.10. The molecule has 1 saturated heterocycles. The summed E-state index contributed by atoms with van der Waals surface area (Å²) >= 11 is 1.95. The number of nitrogens with zero attached hydrogens (tertiary/aromatic N) is 5. The smallest absolute Gasteiger partial charge is 0.322 e. The minimum atomic E-state index is 0.330. The highest BCUT2D eigenvalue weighted by molar-refractivity contribution is 7.99. The highest BCUT2D eigenvalue weighted by atomic mass is 32.2. The zero-order chi connectivity index (χ0) is 15.2. The van der Waals surface area contributed by atoms with Gasteiger partial charge in [-0.25, -0.2) is 0 Å². The maximum absolute atomic E-state index is 5.19. The maximum Gasteiger partial charge on any atom is 0.322 e. The predicted octanol–water partition coefficient (Wildman–Crippen LogP) is 1.44. The molecule has 2 aromatic heterocycles. The largest absolute Gasteiger partial charge is 0.467 e. The van der Waals surface area contributed by atoms with Gasteiger partial charge in [0.15, 0.2) is 0 Å². The molecule has 22 heavy (non-hydrogen) atoms. The molecule has 7 nitrogen and oxygen atoms in total. The van der Waals surface area contributed by atoms with Gasteiger partial charge in [0.05, 0.1) is 7.11 Å². The van der Waals surface area contributed by atoms with Crippen molar-refractivity contribution < 1.29 is 4.74 Å². The summed E-state index contributed by atoms with van der Waals surface area (Å²) in [6, 6.07) is 4.24. The Balaban J connectivity index is 1.75. The molecule has 1 aliphatic rings. The lowest BCUT2D eigenvalue weighted by Crippen LogP contribution is -2.34. The summed E-state index contributed by atoms with van der Waals surface area (Å²) in [6.45, 7) is 2.50. The van der Waals surface area contributed by atoms with E-state index in [1.54, 1.807) is 13.3 Å². The monoisotopic (exact) mass is 318 g/mol. The summed E-state index contributed by atoms with van der Waals surface area (Å²) in [4.78, 5) is 19.4. The third kappa shape index (κ3) is 3.76. The van der Waals surface area contributed by atoms with Gasteiger partial charge in [-0.15, -0.1) is 0 Å². The van der Waals surface area contributed by atoms with Gasteiger partial charge in [0.1, 0.15) is 0 Å². The van der Waals surface area contributed by atoms with E-state index in [9.17, 15) is 0 Å². The summed E-state index contributed by atoms with van der Waals surface area (Å²) in [5, 5.41) is 3.20. The molecule has 1 fully saturated rings. The number of thioether (sulfide) groups is 1. The molecule has 0 bridgehead atoms. The SMILES string of the molecule is COc1nc(NCc2cccnc2)nc(N2CCSCC2)n1. The number of nitrogens with one attached hydrogen (secondary N) is 1. The minimum absolute atomic E-state index is 0.330. The van der Waals surface area contributed by atoms with E-state index in [4.69, 9.17) is 4.74 Å². The Kier molecular flexibility index (Phi) is 4.89. The molecule has 116 valence electrons. The fourth-order valence-corrected chi connectivity index (χ4v) is 3.01. The van der Waals surface area contributed by atoms with E-state index in [2.05, 4.69) is 30.2 Å². The average Bonchev–Trinajstić information content (AvgIpc) is 2.61. The van der Waals surface area contributed by atoms with Crippen LogP contribution in [0.5, 0.6) is 6.01 Å². The summed E-state index contributed by atoms with van der Waals surface area (Å²) in [5.41, 5.74) is 1.07. The molecular weight excluding hydrogens is 300 g/mol. The van der Waals surface area contributed by atoms with Gasteiger partial charge in [-0.05, 0) is 11.6 Å². The first kappa shape index (κ1) is 14.8. The highest BCUT2D eigenvalue weighted by Gasteiger charge is 2.16. The fourth-order valence-electron chi connectivity index (χ4n) is 2.10. The van der Waals surface area contributed by atoms with E-state index in [-0.39, 0.29) is 0 Å². The Morgan fingerprint density at radius 1 is 1.27 bits per heavy atom. The zero-order valence-corrected chi connectivity index (χ0v) is 13.2. The first-order valence-corrected chi connectivity index (χ1v) is 8.26. The maximum atomic E-state index is 5.19. The third-order valence-electron chi connectivity index (χ3n) is 3.25. The number of methoxy groups -OCH3 is 1. The van der Waals surface area contributed by atoms with E-state index >= 15 is 0 Å². The number of hydrogen-bond acceptors (Lipinski definition) is 8. The Hall–Kier alpha value is -2.09. The van der Waals surface area contributed by atoms with Crippen LogP contribution in [0.4, 0.5) is 11.9 Å². The van der Waals surface area contributed by atoms with Crippen molar-refractivity contribution in [1.82, 2.24) is 19.9 Å². The molecule has 0 radical (unpaired) electrons. The summed E-state index contributed by atoms with van der Waals surface area (Å²) < 4.78 is 5.19. The summed E-state index contributed by atoms with van der Waals surface area (Å²) in [6.07, 6.45) is 3.57. The van der Waals surface area contributed by atoms with Crippen molar-refractivity contribution in [2.45, 2.75) is 6.54 Å². The quantitative estimate of drug-likeness (QED) is 0.887. The molecule has 0 aromatic carbocycles. The zero-order valence-electron chi connectivity index (χ0n) is 12.4. The van der Waals surface area contributed by atoms with Gasteiger partial charge in [-0.2, -0.15) is 26.7 Å². The number of aromatic nitrogens is 4. The lowest BCUT2D eigenvalue weighted by Gasteiger charge is -2.26. The number of pyridine rings is 1. The number of hydrogen-bond donors (Lipinski definition) is 1. The fraction of sp³-hybridized carbons (Fsp3) is 0.429. The van der Waals surface area contributed by atoms with Gasteiger partial charge < -0.3 is 15.0 Å². The van der Waals surface area contributed by atoms with Gasteiger partial charge in [-0.3, -0.25) is 4.98 Å². The topological polar surface area (TPSA) is 76.1 Å². The number of ether oxygens (including phenoxy) is 1. The van der Waals surface area contributed by atoms with E-state index in [1.807, 2.05) is 30.1 Å². The van der Waals surface area contributed by atoms with Crippen molar-refractivity contribution in [3.8, 4) is 6.01 Å². The normalized spacial score (nSPS) is 14.7. The second kappa shape index (κ2) is 7.26. The Labute approximate surface area is 133 Å². The summed E-state index contributed by atoms with van der Waals surface area (Å²) in [7, 11) is 1.57. The van der Waals surface area contributed by atoms with Gasteiger partial charge in [0, 0.05) is 43.5 Å². The molecule has 8 heteroatoms. The Bertz CT molecular complexity index is 606. The lowest BCUT2D eigenvalue weighted by atomic mass is 10.3. The second-order valence-electron chi connectivity index (χ2n) is 4.76. The standard InChI is InChI=1S/C14H18N6OS/c1-21-14-18-12(16-10-11-3-2-4-15-9-11)17-13(19-14)20-5-7-22-8-6-20/h2-4,9H,5-8,10H2,1H3,(H,16,17,18,19). The van der Waals surface area contributed by atoms with Crippen molar-refractivity contribution in [1.29, 1.82) is 0 Å².